The van der Waals surface area contributed by atoms with Gasteiger partial charge in [0.2, 0.25) is 0 Å². The topological polar surface area (TPSA) is 50.4 Å². The van der Waals surface area contributed by atoms with Gasteiger partial charge in [-0.05, 0) is 72.6 Å². The number of carbonyl (C=O) groups excluding carboxylic acids is 1. The fourth-order valence-electron chi connectivity index (χ4n) is 3.32. The maximum Gasteiger partial charge on any atom is 0.255 e. The van der Waals surface area contributed by atoms with Gasteiger partial charge in [-0.3, -0.25) is 4.79 Å². The lowest BCUT2D eigenvalue weighted by Gasteiger charge is -2.09. The fraction of sp³-hybridized carbons (Fsp3) is 0.107. The van der Waals surface area contributed by atoms with E-state index in [0.29, 0.717) is 5.56 Å². The molecule has 0 bridgehead atoms. The van der Waals surface area contributed by atoms with Gasteiger partial charge in [0.1, 0.15) is 11.5 Å². The van der Waals surface area contributed by atoms with E-state index in [0.717, 1.165) is 36.7 Å². The van der Waals surface area contributed by atoms with Crippen LogP contribution in [0.4, 0.5) is 5.69 Å². The highest BCUT2D eigenvalue weighted by molar-refractivity contribution is 6.04. The zero-order valence-corrected chi connectivity index (χ0v) is 17.8. The Morgan fingerprint density at radius 1 is 0.656 bits per heavy atom. The summed E-state index contributed by atoms with van der Waals surface area (Å²) in [5, 5.41) is 6.36. The first-order valence-corrected chi connectivity index (χ1v) is 10.7. The van der Waals surface area contributed by atoms with Gasteiger partial charge < -0.3 is 15.4 Å². The number of hydrogen-bond donors (Lipinski definition) is 2. The van der Waals surface area contributed by atoms with Crippen LogP contribution in [0.3, 0.4) is 0 Å². The van der Waals surface area contributed by atoms with Crippen molar-refractivity contribution in [2.45, 2.75) is 13.0 Å². The second-order valence-electron chi connectivity index (χ2n) is 7.50. The van der Waals surface area contributed by atoms with E-state index in [1.807, 2.05) is 60.7 Å². The van der Waals surface area contributed by atoms with Crippen LogP contribution >= 0.6 is 0 Å². The monoisotopic (exact) mass is 422 g/mol. The van der Waals surface area contributed by atoms with Crippen molar-refractivity contribution in [3.8, 4) is 11.5 Å². The molecule has 0 aliphatic heterocycles. The molecule has 1 amide bonds. The van der Waals surface area contributed by atoms with Crippen molar-refractivity contribution < 1.29 is 9.53 Å². The van der Waals surface area contributed by atoms with E-state index in [1.165, 1.54) is 11.1 Å². The van der Waals surface area contributed by atoms with Gasteiger partial charge in [-0.15, -0.1) is 0 Å². The van der Waals surface area contributed by atoms with Crippen LogP contribution < -0.4 is 15.4 Å². The minimum atomic E-state index is -0.131. The average molecular weight is 423 g/mol. The lowest BCUT2D eigenvalue weighted by Crippen LogP contribution is -2.16. The van der Waals surface area contributed by atoms with E-state index in [-0.39, 0.29) is 5.91 Å². The molecule has 32 heavy (non-hydrogen) atoms. The zero-order valence-electron chi connectivity index (χ0n) is 17.8. The van der Waals surface area contributed by atoms with Gasteiger partial charge >= 0.3 is 0 Å². The lowest BCUT2D eigenvalue weighted by molar-refractivity contribution is 0.102. The number of amides is 1. The normalized spacial score (nSPS) is 10.5. The van der Waals surface area contributed by atoms with E-state index >= 15 is 0 Å². The molecule has 0 aliphatic rings. The molecule has 0 fully saturated rings. The van der Waals surface area contributed by atoms with Crippen molar-refractivity contribution in [2.75, 3.05) is 11.9 Å². The molecule has 4 aromatic carbocycles. The fourth-order valence-corrected chi connectivity index (χ4v) is 3.32. The van der Waals surface area contributed by atoms with Gasteiger partial charge in [0.15, 0.2) is 0 Å². The summed E-state index contributed by atoms with van der Waals surface area (Å²) in [7, 11) is 0. The van der Waals surface area contributed by atoms with Gasteiger partial charge in [-0.25, -0.2) is 0 Å². The molecule has 0 radical (unpaired) electrons. The van der Waals surface area contributed by atoms with Gasteiger partial charge in [0.05, 0.1) is 0 Å². The van der Waals surface area contributed by atoms with E-state index in [1.54, 1.807) is 12.1 Å². The minimum absolute atomic E-state index is 0.131. The Bertz CT molecular complexity index is 1110. The Labute approximate surface area is 188 Å². The second-order valence-corrected chi connectivity index (χ2v) is 7.50. The summed E-state index contributed by atoms with van der Waals surface area (Å²) in [4.78, 5) is 12.2. The molecular formula is C28H26N2O2. The van der Waals surface area contributed by atoms with Gasteiger partial charge in [0, 0.05) is 17.8 Å². The summed E-state index contributed by atoms with van der Waals surface area (Å²) in [6, 6.07) is 35.1. The summed E-state index contributed by atoms with van der Waals surface area (Å²) < 4.78 is 5.93. The van der Waals surface area contributed by atoms with Crippen LogP contribution in [0.2, 0.25) is 0 Å². The molecule has 4 nitrogen and oxygen atoms in total. The Hall–Kier alpha value is -3.89. The molecule has 0 heterocycles. The molecule has 0 aliphatic carbocycles. The number of ether oxygens (including phenoxy) is 1. The second kappa shape index (κ2) is 10.9. The maximum atomic E-state index is 12.2. The summed E-state index contributed by atoms with van der Waals surface area (Å²) >= 11 is 0. The first kappa shape index (κ1) is 21.3. The first-order chi connectivity index (χ1) is 15.8. The average Bonchev–Trinajstić information content (AvgIpc) is 2.85. The third-order valence-corrected chi connectivity index (χ3v) is 5.07. The van der Waals surface area contributed by atoms with Crippen molar-refractivity contribution in [2.24, 2.45) is 0 Å². The van der Waals surface area contributed by atoms with Crippen LogP contribution in [0.1, 0.15) is 21.5 Å². The molecule has 0 unspecified atom stereocenters. The van der Waals surface area contributed by atoms with Crippen LogP contribution in [0.25, 0.3) is 0 Å². The predicted molar refractivity (Wildman–Crippen MR) is 129 cm³/mol. The highest BCUT2D eigenvalue weighted by Crippen LogP contribution is 2.23. The molecule has 4 rings (SSSR count). The number of nitrogens with one attached hydrogen (secondary N) is 2. The van der Waals surface area contributed by atoms with Crippen molar-refractivity contribution in [1.29, 1.82) is 0 Å². The predicted octanol–water partition coefficient (Wildman–Crippen LogP) is 6.06. The largest absolute Gasteiger partial charge is 0.457 e. The Morgan fingerprint density at radius 2 is 1.25 bits per heavy atom. The Kier molecular flexibility index (Phi) is 7.29. The van der Waals surface area contributed by atoms with E-state index < -0.39 is 0 Å². The molecular weight excluding hydrogens is 396 g/mol. The third-order valence-electron chi connectivity index (χ3n) is 5.07. The Balaban J connectivity index is 1.24. The zero-order chi connectivity index (χ0) is 22.0. The summed E-state index contributed by atoms with van der Waals surface area (Å²) in [5.74, 6) is 1.38. The highest BCUT2D eigenvalue weighted by atomic mass is 16.5. The van der Waals surface area contributed by atoms with Gasteiger partial charge in [-0.2, -0.15) is 0 Å². The van der Waals surface area contributed by atoms with Crippen LogP contribution in [-0.4, -0.2) is 12.5 Å². The summed E-state index contributed by atoms with van der Waals surface area (Å²) in [6.07, 6.45) is 0.961. The molecule has 0 saturated heterocycles. The van der Waals surface area contributed by atoms with Crippen LogP contribution in [0.5, 0.6) is 11.5 Å². The number of rotatable bonds is 9. The van der Waals surface area contributed by atoms with Crippen LogP contribution in [0, 0.1) is 0 Å². The van der Waals surface area contributed by atoms with E-state index in [9.17, 15) is 4.79 Å². The SMILES string of the molecule is O=C(Nc1ccc(Oc2ccc(CCNCc3ccccc3)cc2)cc1)c1ccccc1. The van der Waals surface area contributed by atoms with Crippen molar-refractivity contribution >= 4 is 11.6 Å². The van der Waals surface area contributed by atoms with Crippen LogP contribution in [0.15, 0.2) is 109 Å². The van der Waals surface area contributed by atoms with Crippen LogP contribution in [-0.2, 0) is 13.0 Å². The van der Waals surface area contributed by atoms with Gasteiger partial charge in [-0.1, -0.05) is 60.7 Å². The van der Waals surface area contributed by atoms with Gasteiger partial charge in [0.25, 0.3) is 5.91 Å². The third kappa shape index (κ3) is 6.30. The lowest BCUT2D eigenvalue weighted by atomic mass is 10.1. The molecule has 0 atom stereocenters. The molecule has 160 valence electrons. The van der Waals surface area contributed by atoms with E-state index in [2.05, 4.69) is 47.0 Å². The minimum Gasteiger partial charge on any atom is -0.457 e. The maximum absolute atomic E-state index is 12.2. The van der Waals surface area contributed by atoms with Crippen molar-refractivity contribution in [3.05, 3.63) is 126 Å². The molecule has 0 saturated carbocycles. The molecule has 0 spiro atoms. The molecule has 4 heteroatoms. The molecule has 4 aromatic rings. The summed E-state index contributed by atoms with van der Waals surface area (Å²) in [5.41, 5.74) is 3.91. The molecule has 2 N–H and O–H groups in total. The first-order valence-electron chi connectivity index (χ1n) is 10.7. The number of anilines is 1. The smallest absolute Gasteiger partial charge is 0.255 e. The van der Waals surface area contributed by atoms with E-state index in [4.69, 9.17) is 4.74 Å². The summed E-state index contributed by atoms with van der Waals surface area (Å²) in [6.45, 7) is 1.80. The highest BCUT2D eigenvalue weighted by Gasteiger charge is 2.05. The Morgan fingerprint density at radius 3 is 1.91 bits per heavy atom. The number of benzene rings is 4. The molecule has 0 aromatic heterocycles. The standard InChI is InChI=1S/C28H26N2O2/c31-28(24-9-5-2-6-10-24)30-25-13-17-27(18-14-25)32-26-15-11-22(12-16-26)19-20-29-21-23-7-3-1-4-8-23/h1-18,29H,19-21H2,(H,30,31). The van der Waals surface area contributed by atoms with Crippen molar-refractivity contribution in [3.63, 3.8) is 0 Å². The number of hydrogen-bond acceptors (Lipinski definition) is 3. The van der Waals surface area contributed by atoms with Crippen molar-refractivity contribution in [1.82, 2.24) is 5.32 Å². The number of carbonyl (C=O) groups is 1. The quantitative estimate of drug-likeness (QED) is 0.322.